The Bertz CT molecular complexity index is 578. The third kappa shape index (κ3) is 6.15. The molecule has 10 heteroatoms. The molecular weight excluding hydrogens is 306 g/mol. The van der Waals surface area contributed by atoms with Crippen LogP contribution in [0.1, 0.15) is 16.8 Å². The van der Waals surface area contributed by atoms with Crippen molar-refractivity contribution in [3.63, 3.8) is 0 Å². The first-order chi connectivity index (χ1) is 9.31. The van der Waals surface area contributed by atoms with Crippen LogP contribution in [0, 0.1) is 0 Å². The predicted octanol–water partition coefficient (Wildman–Crippen LogP) is -0.310. The van der Waals surface area contributed by atoms with Gasteiger partial charge in [0.25, 0.3) is 5.91 Å². The van der Waals surface area contributed by atoms with E-state index < -0.39 is 10.0 Å². The summed E-state index contributed by atoms with van der Waals surface area (Å²) in [7, 11) is -3.20. The van der Waals surface area contributed by atoms with Crippen molar-refractivity contribution in [1.29, 1.82) is 0 Å². The first kappa shape index (κ1) is 16.6. The van der Waals surface area contributed by atoms with Crippen LogP contribution in [0.3, 0.4) is 0 Å². The maximum absolute atomic E-state index is 11.8. The molecule has 0 radical (unpaired) electrons. The smallest absolute Gasteiger partial charge is 0.251 e. The van der Waals surface area contributed by atoms with Gasteiger partial charge in [0, 0.05) is 18.7 Å². The fourth-order valence-corrected chi connectivity index (χ4v) is 2.08. The van der Waals surface area contributed by atoms with E-state index in [1.165, 1.54) is 12.1 Å². The summed E-state index contributed by atoms with van der Waals surface area (Å²) in [4.78, 5) is 15.7. The van der Waals surface area contributed by atoms with Crippen molar-refractivity contribution in [3.05, 3.63) is 22.8 Å². The molecule has 0 aliphatic rings. The number of hydrogen-bond acceptors (Lipinski definition) is 6. The predicted molar refractivity (Wildman–Crippen MR) is 76.9 cm³/mol. The van der Waals surface area contributed by atoms with Crippen molar-refractivity contribution < 1.29 is 13.2 Å². The molecule has 1 aromatic rings. The van der Waals surface area contributed by atoms with Gasteiger partial charge in [0.2, 0.25) is 10.0 Å². The van der Waals surface area contributed by atoms with Crippen LogP contribution in [0.25, 0.3) is 0 Å². The largest absolute Gasteiger partial charge is 0.352 e. The van der Waals surface area contributed by atoms with Crippen molar-refractivity contribution in [2.45, 2.75) is 6.42 Å². The lowest BCUT2D eigenvalue weighted by atomic mass is 10.2. The van der Waals surface area contributed by atoms with Crippen LogP contribution < -0.4 is 21.3 Å². The molecule has 0 atom stereocenters. The third-order valence-corrected chi connectivity index (χ3v) is 3.13. The molecule has 20 heavy (non-hydrogen) atoms. The molecule has 0 spiro atoms. The Kier molecular flexibility index (Phi) is 6.14. The number of anilines is 1. The number of aromatic nitrogens is 1. The van der Waals surface area contributed by atoms with Gasteiger partial charge in [-0.3, -0.25) is 4.79 Å². The number of hydrogen-bond donors (Lipinski definition) is 4. The van der Waals surface area contributed by atoms with Crippen LogP contribution in [-0.2, 0) is 10.0 Å². The molecule has 1 heterocycles. The van der Waals surface area contributed by atoms with Crippen molar-refractivity contribution in [1.82, 2.24) is 15.0 Å². The van der Waals surface area contributed by atoms with Gasteiger partial charge in [0.05, 0.1) is 6.26 Å². The number of rotatable bonds is 7. The van der Waals surface area contributed by atoms with E-state index in [9.17, 15) is 13.2 Å². The molecular formula is C10H16ClN5O3S. The van der Waals surface area contributed by atoms with Crippen LogP contribution >= 0.6 is 11.6 Å². The Morgan fingerprint density at radius 2 is 2.10 bits per heavy atom. The Balaban J connectivity index is 2.45. The highest BCUT2D eigenvalue weighted by molar-refractivity contribution is 7.88. The molecule has 1 rings (SSSR count). The van der Waals surface area contributed by atoms with Gasteiger partial charge in [-0.1, -0.05) is 11.6 Å². The Hall–Kier alpha value is -1.42. The summed E-state index contributed by atoms with van der Waals surface area (Å²) in [6.07, 6.45) is 1.55. The number of nitrogen functional groups attached to an aromatic ring is 1. The number of hydrazine groups is 1. The van der Waals surface area contributed by atoms with Gasteiger partial charge < -0.3 is 10.7 Å². The minimum Gasteiger partial charge on any atom is -0.352 e. The Labute approximate surface area is 122 Å². The average molecular weight is 322 g/mol. The fraction of sp³-hybridized carbons (Fsp3) is 0.400. The molecule has 0 fully saturated rings. The Morgan fingerprint density at radius 1 is 1.40 bits per heavy atom. The summed E-state index contributed by atoms with van der Waals surface area (Å²) in [5, 5.41) is 2.78. The second-order valence-electron chi connectivity index (χ2n) is 3.98. The molecule has 0 aromatic carbocycles. The van der Waals surface area contributed by atoms with Crippen molar-refractivity contribution in [2.75, 3.05) is 24.8 Å². The van der Waals surface area contributed by atoms with E-state index in [0.29, 0.717) is 18.5 Å². The summed E-state index contributed by atoms with van der Waals surface area (Å²) in [6, 6.07) is 2.86. The van der Waals surface area contributed by atoms with Crippen molar-refractivity contribution in [3.8, 4) is 0 Å². The zero-order chi connectivity index (χ0) is 15.2. The number of halogens is 1. The van der Waals surface area contributed by atoms with Crippen LogP contribution in [0.4, 0.5) is 5.82 Å². The molecule has 5 N–H and O–H groups in total. The summed E-state index contributed by atoms with van der Waals surface area (Å²) in [5.41, 5.74) is 2.62. The number of nitrogens with two attached hydrogens (primary N) is 1. The van der Waals surface area contributed by atoms with E-state index in [-0.39, 0.29) is 23.4 Å². The lowest BCUT2D eigenvalue weighted by molar-refractivity contribution is 0.0953. The topological polar surface area (TPSA) is 126 Å². The van der Waals surface area contributed by atoms with Crippen LogP contribution in [-0.4, -0.2) is 38.7 Å². The Morgan fingerprint density at radius 3 is 2.70 bits per heavy atom. The fourth-order valence-electron chi connectivity index (χ4n) is 1.35. The van der Waals surface area contributed by atoms with Gasteiger partial charge in [0.1, 0.15) is 11.0 Å². The number of amides is 1. The lowest BCUT2D eigenvalue weighted by Gasteiger charge is -2.07. The van der Waals surface area contributed by atoms with Gasteiger partial charge >= 0.3 is 0 Å². The highest BCUT2D eigenvalue weighted by Crippen LogP contribution is 2.13. The molecule has 8 nitrogen and oxygen atoms in total. The molecule has 1 amide bonds. The number of nitrogens with one attached hydrogen (secondary N) is 3. The monoisotopic (exact) mass is 321 g/mol. The molecule has 0 unspecified atom stereocenters. The lowest BCUT2D eigenvalue weighted by Crippen LogP contribution is -2.29. The number of carbonyl (C=O) groups is 1. The third-order valence-electron chi connectivity index (χ3n) is 2.21. The quantitative estimate of drug-likeness (QED) is 0.236. The first-order valence-corrected chi connectivity index (χ1v) is 7.96. The summed E-state index contributed by atoms with van der Waals surface area (Å²) in [6.45, 7) is 0.582. The molecule has 0 saturated heterocycles. The number of carbonyl (C=O) groups excluding carboxylic acids is 1. The van der Waals surface area contributed by atoms with Gasteiger partial charge in [-0.25, -0.2) is 24.0 Å². The van der Waals surface area contributed by atoms with Crippen molar-refractivity contribution in [2.24, 2.45) is 5.84 Å². The second kappa shape index (κ2) is 7.39. The van der Waals surface area contributed by atoms with Gasteiger partial charge in [-0.05, 0) is 18.6 Å². The van der Waals surface area contributed by atoms with Crippen molar-refractivity contribution >= 4 is 33.3 Å². The maximum atomic E-state index is 11.8. The van der Waals surface area contributed by atoms with Crippen LogP contribution in [0.15, 0.2) is 12.1 Å². The summed E-state index contributed by atoms with van der Waals surface area (Å²) < 4.78 is 24.0. The highest BCUT2D eigenvalue weighted by atomic mass is 35.5. The minimum absolute atomic E-state index is 0.143. The van der Waals surface area contributed by atoms with E-state index in [0.717, 1.165) is 6.26 Å². The molecule has 0 aliphatic heterocycles. The minimum atomic E-state index is -3.20. The summed E-state index contributed by atoms with van der Waals surface area (Å²) >= 11 is 5.74. The number of nitrogens with zero attached hydrogens (tertiary/aromatic N) is 1. The van der Waals surface area contributed by atoms with Gasteiger partial charge in [-0.15, -0.1) is 0 Å². The molecule has 0 bridgehead atoms. The second-order valence-corrected chi connectivity index (χ2v) is 6.20. The molecule has 0 aliphatic carbocycles. The van der Waals surface area contributed by atoms with Gasteiger partial charge in [0.15, 0.2) is 0 Å². The van der Waals surface area contributed by atoms with E-state index in [2.05, 4.69) is 20.4 Å². The van der Waals surface area contributed by atoms with E-state index in [1.807, 2.05) is 0 Å². The molecule has 0 saturated carbocycles. The van der Waals surface area contributed by atoms with E-state index in [4.69, 9.17) is 17.4 Å². The highest BCUT2D eigenvalue weighted by Gasteiger charge is 2.08. The standard InChI is InChI=1S/C10H16ClN5O3S/c1-20(18,19)14-4-2-3-13-10(17)7-5-8(11)15-9(6-7)16-12/h5-6,14H,2-4,12H2,1H3,(H,13,17)(H,15,16). The van der Waals surface area contributed by atoms with E-state index in [1.54, 1.807) is 0 Å². The SMILES string of the molecule is CS(=O)(=O)NCCCNC(=O)c1cc(Cl)nc(NN)c1. The summed E-state index contributed by atoms with van der Waals surface area (Å²) in [5.74, 6) is 5.14. The average Bonchev–Trinajstić information content (AvgIpc) is 2.36. The van der Waals surface area contributed by atoms with Crippen LogP contribution in [0.2, 0.25) is 5.15 Å². The molecule has 112 valence electrons. The molecule has 1 aromatic heterocycles. The number of sulfonamides is 1. The zero-order valence-corrected chi connectivity index (χ0v) is 12.4. The van der Waals surface area contributed by atoms with Crippen LogP contribution in [0.5, 0.6) is 0 Å². The maximum Gasteiger partial charge on any atom is 0.251 e. The normalized spacial score (nSPS) is 11.2. The number of pyridine rings is 1. The van der Waals surface area contributed by atoms with Gasteiger partial charge in [-0.2, -0.15) is 0 Å². The zero-order valence-electron chi connectivity index (χ0n) is 10.8. The van der Waals surface area contributed by atoms with E-state index >= 15 is 0 Å². The first-order valence-electron chi connectivity index (χ1n) is 5.69.